The Hall–Kier alpha value is -3.38. The first-order valence-corrected chi connectivity index (χ1v) is 9.13. The van der Waals surface area contributed by atoms with Crippen LogP contribution in [0.25, 0.3) is 22.2 Å². The average molecular weight is 370 g/mol. The number of carbonyl (C=O) groups excluding carboxylic acids is 1. The highest BCUT2D eigenvalue weighted by atomic mass is 16.3. The molecule has 0 bridgehead atoms. The highest BCUT2D eigenvalue weighted by molar-refractivity contribution is 5.98. The molecular weight excluding hydrogens is 352 g/mol. The largest absolute Gasteiger partial charge is 0.442 e. The number of hydrogen-bond donors (Lipinski definition) is 0. The van der Waals surface area contributed by atoms with Gasteiger partial charge in [-0.2, -0.15) is 0 Å². The molecule has 1 aromatic carbocycles. The van der Waals surface area contributed by atoms with E-state index in [2.05, 4.69) is 33.0 Å². The number of hydrogen-bond acceptors (Lipinski definition) is 6. The third kappa shape index (κ3) is 3.08. The maximum absolute atomic E-state index is 12.8. The van der Waals surface area contributed by atoms with Crippen LogP contribution in [0.3, 0.4) is 0 Å². The van der Waals surface area contributed by atoms with E-state index in [4.69, 9.17) is 4.42 Å². The molecule has 3 aromatic heterocycles. The monoisotopic (exact) mass is 370 g/mol. The van der Waals surface area contributed by atoms with Gasteiger partial charge in [0.1, 0.15) is 5.69 Å². The highest BCUT2D eigenvalue weighted by Crippen LogP contribution is 2.24. The van der Waals surface area contributed by atoms with Crippen molar-refractivity contribution in [3.8, 4) is 11.5 Å². The van der Waals surface area contributed by atoms with Crippen LogP contribution in [-0.2, 0) is 19.5 Å². The van der Waals surface area contributed by atoms with Crippen molar-refractivity contribution in [1.29, 1.82) is 0 Å². The third-order valence-electron chi connectivity index (χ3n) is 5.10. The van der Waals surface area contributed by atoms with E-state index in [9.17, 15) is 4.79 Å². The quantitative estimate of drug-likeness (QED) is 0.511. The van der Waals surface area contributed by atoms with Crippen LogP contribution in [0, 0.1) is 0 Å². The van der Waals surface area contributed by atoms with Gasteiger partial charge in [0.2, 0.25) is 0 Å². The molecule has 0 aliphatic carbocycles. The van der Waals surface area contributed by atoms with E-state index in [0.717, 1.165) is 35.1 Å². The highest BCUT2D eigenvalue weighted by Gasteiger charge is 2.18. The van der Waals surface area contributed by atoms with Crippen LogP contribution in [0.4, 0.5) is 0 Å². The fourth-order valence-electron chi connectivity index (χ4n) is 3.66. The average Bonchev–Trinajstić information content (AvgIpc) is 3.35. The molecule has 6 nitrogen and oxygen atoms in total. The number of oxazole rings is 1. The van der Waals surface area contributed by atoms with Crippen molar-refractivity contribution in [3.63, 3.8) is 0 Å². The van der Waals surface area contributed by atoms with Gasteiger partial charge in [-0.3, -0.25) is 19.7 Å². The minimum atomic E-state index is 0.0775. The van der Waals surface area contributed by atoms with Crippen molar-refractivity contribution in [2.24, 2.45) is 0 Å². The number of nitrogens with zero attached hydrogens (tertiary/aromatic N) is 4. The molecule has 5 rings (SSSR count). The van der Waals surface area contributed by atoms with E-state index in [1.165, 1.54) is 17.5 Å². The summed E-state index contributed by atoms with van der Waals surface area (Å²) in [6, 6.07) is 9.88. The fraction of sp³-hybridized carbons (Fsp3) is 0.182. The lowest BCUT2D eigenvalue weighted by Gasteiger charge is -2.06. The zero-order valence-corrected chi connectivity index (χ0v) is 15.4. The van der Waals surface area contributed by atoms with Gasteiger partial charge in [-0.25, -0.2) is 4.98 Å². The predicted molar refractivity (Wildman–Crippen MR) is 105 cm³/mol. The number of benzene rings is 1. The summed E-state index contributed by atoms with van der Waals surface area (Å²) in [4.78, 5) is 27.8. The lowest BCUT2D eigenvalue weighted by Crippen LogP contribution is -2.07. The normalized spacial score (nSPS) is 13.8. The van der Waals surface area contributed by atoms with Crippen molar-refractivity contribution < 1.29 is 9.21 Å². The molecule has 138 valence electrons. The van der Waals surface area contributed by atoms with Gasteiger partial charge < -0.3 is 4.42 Å². The molecule has 0 spiro atoms. The number of fused-ring (bicyclic) bond motifs is 2. The molecule has 1 aliphatic rings. The van der Waals surface area contributed by atoms with Crippen molar-refractivity contribution in [3.05, 3.63) is 77.7 Å². The molecule has 6 heteroatoms. The molecule has 0 amide bonds. The number of Topliss-reactive ketones (excluding diaryl/α,β-unsaturated/α-hetero) is 1. The van der Waals surface area contributed by atoms with Gasteiger partial charge in [-0.1, -0.05) is 12.1 Å². The maximum Gasteiger partial charge on any atom is 0.181 e. The van der Waals surface area contributed by atoms with Crippen LogP contribution in [0.1, 0.15) is 27.2 Å². The maximum atomic E-state index is 12.8. The molecule has 0 atom stereocenters. The summed E-state index contributed by atoms with van der Waals surface area (Å²) in [5.41, 5.74) is 4.73. The predicted octanol–water partition coefficient (Wildman–Crippen LogP) is 3.66. The molecular formula is C22H18N4O2. The minimum absolute atomic E-state index is 0.0775. The second kappa shape index (κ2) is 6.65. The van der Waals surface area contributed by atoms with E-state index >= 15 is 0 Å². The Labute approximate surface area is 161 Å². The summed E-state index contributed by atoms with van der Waals surface area (Å²) in [6.07, 6.45) is 6.79. The molecule has 0 N–H and O–H groups in total. The van der Waals surface area contributed by atoms with E-state index in [1.54, 1.807) is 18.6 Å². The Balaban J connectivity index is 1.42. The summed E-state index contributed by atoms with van der Waals surface area (Å²) in [7, 11) is 2.09. The van der Waals surface area contributed by atoms with Crippen LogP contribution in [0.2, 0.25) is 0 Å². The van der Waals surface area contributed by atoms with Gasteiger partial charge in [0, 0.05) is 42.1 Å². The molecule has 0 unspecified atom stereocenters. The Morgan fingerprint density at radius 2 is 1.89 bits per heavy atom. The van der Waals surface area contributed by atoms with Gasteiger partial charge in [0.25, 0.3) is 0 Å². The third-order valence-corrected chi connectivity index (χ3v) is 5.10. The lowest BCUT2D eigenvalue weighted by atomic mass is 10.0. The number of rotatable bonds is 4. The molecule has 28 heavy (non-hydrogen) atoms. The first-order chi connectivity index (χ1) is 13.7. The Bertz CT molecular complexity index is 1180. The smallest absolute Gasteiger partial charge is 0.181 e. The second-order valence-corrected chi connectivity index (χ2v) is 7.21. The van der Waals surface area contributed by atoms with Crippen molar-refractivity contribution in [2.75, 3.05) is 7.05 Å². The molecule has 0 saturated carbocycles. The first-order valence-electron chi connectivity index (χ1n) is 9.13. The minimum Gasteiger partial charge on any atom is -0.442 e. The van der Waals surface area contributed by atoms with E-state index in [-0.39, 0.29) is 12.2 Å². The summed E-state index contributed by atoms with van der Waals surface area (Å²) in [5.74, 6) is 0.688. The van der Waals surface area contributed by atoms with E-state index < -0.39 is 0 Å². The Morgan fingerprint density at radius 3 is 2.75 bits per heavy atom. The number of carbonyl (C=O) groups is 1. The van der Waals surface area contributed by atoms with E-state index in [1.807, 2.05) is 24.3 Å². The van der Waals surface area contributed by atoms with Gasteiger partial charge in [0.05, 0.1) is 12.6 Å². The molecule has 0 fully saturated rings. The van der Waals surface area contributed by atoms with Crippen molar-refractivity contribution >= 4 is 16.6 Å². The number of ketones is 1. The number of aromatic nitrogens is 3. The topological polar surface area (TPSA) is 72.1 Å². The second-order valence-electron chi connectivity index (χ2n) is 7.21. The number of pyridine rings is 2. The first kappa shape index (κ1) is 16.8. The molecule has 4 aromatic rings. The van der Waals surface area contributed by atoms with Crippen molar-refractivity contribution in [2.45, 2.75) is 19.5 Å². The standard InChI is InChI=1S/C22H18N4O2/c1-26-11-15-3-2-14(4-17(15)12-26)21(27)7-19-5-16-6-20(22-10-23-13-28-22)25-9-18(16)8-24-19/h2-6,8-10,13H,7,11-12H2,1H3. The van der Waals surface area contributed by atoms with Crippen LogP contribution in [0.5, 0.6) is 0 Å². The molecule has 1 aliphatic heterocycles. The summed E-state index contributed by atoms with van der Waals surface area (Å²) in [6.45, 7) is 1.83. The Morgan fingerprint density at radius 1 is 1.04 bits per heavy atom. The molecule has 0 saturated heterocycles. The van der Waals surface area contributed by atoms with Crippen LogP contribution in [0.15, 0.2) is 59.7 Å². The SMILES string of the molecule is CN1Cc2ccc(C(=O)Cc3cc4cc(-c5cnco5)ncc4cn3)cc2C1. The van der Waals surface area contributed by atoms with Gasteiger partial charge in [-0.05, 0) is 41.8 Å². The summed E-state index contributed by atoms with van der Waals surface area (Å²) in [5, 5.41) is 1.88. The van der Waals surface area contributed by atoms with Crippen LogP contribution < -0.4 is 0 Å². The van der Waals surface area contributed by atoms with Crippen LogP contribution in [-0.4, -0.2) is 32.7 Å². The lowest BCUT2D eigenvalue weighted by molar-refractivity contribution is 0.0992. The van der Waals surface area contributed by atoms with Gasteiger partial charge in [-0.15, -0.1) is 0 Å². The zero-order valence-electron chi connectivity index (χ0n) is 15.4. The molecule has 4 heterocycles. The fourth-order valence-corrected chi connectivity index (χ4v) is 3.66. The van der Waals surface area contributed by atoms with Gasteiger partial charge >= 0.3 is 0 Å². The van der Waals surface area contributed by atoms with Gasteiger partial charge in [0.15, 0.2) is 17.9 Å². The summed E-state index contributed by atoms with van der Waals surface area (Å²) < 4.78 is 5.32. The molecule has 0 radical (unpaired) electrons. The summed E-state index contributed by atoms with van der Waals surface area (Å²) >= 11 is 0. The van der Waals surface area contributed by atoms with Crippen LogP contribution >= 0.6 is 0 Å². The Kier molecular flexibility index (Phi) is 3.98. The van der Waals surface area contributed by atoms with Crippen molar-refractivity contribution in [1.82, 2.24) is 19.9 Å². The zero-order chi connectivity index (χ0) is 19.1. The van der Waals surface area contributed by atoms with E-state index in [0.29, 0.717) is 11.5 Å².